The molecule has 1 aromatic carbocycles. The van der Waals surface area contributed by atoms with Crippen molar-refractivity contribution in [3.63, 3.8) is 0 Å². The average Bonchev–Trinajstić information content (AvgIpc) is 2.36. The Kier molecular flexibility index (Phi) is 3.43. The van der Waals surface area contributed by atoms with Crippen LogP contribution >= 0.6 is 0 Å². The first-order chi connectivity index (χ1) is 8.15. The first-order valence-corrected chi connectivity index (χ1v) is 5.79. The van der Waals surface area contributed by atoms with Crippen molar-refractivity contribution >= 4 is 0 Å². The third-order valence-corrected chi connectivity index (χ3v) is 3.25. The molecule has 2 unspecified atom stereocenters. The third kappa shape index (κ3) is 2.31. The van der Waals surface area contributed by atoms with E-state index in [1.165, 1.54) is 0 Å². The molecule has 0 spiro atoms. The van der Waals surface area contributed by atoms with Crippen LogP contribution in [0.25, 0.3) is 0 Å². The molecular formula is C13H19NO3. The molecule has 0 radical (unpaired) electrons. The van der Waals surface area contributed by atoms with Crippen molar-refractivity contribution in [2.24, 2.45) is 11.7 Å². The van der Waals surface area contributed by atoms with E-state index >= 15 is 0 Å². The number of methoxy groups -OCH3 is 2. The zero-order valence-corrected chi connectivity index (χ0v) is 10.5. The molecule has 0 saturated heterocycles. The van der Waals surface area contributed by atoms with E-state index in [-0.39, 0.29) is 6.04 Å². The van der Waals surface area contributed by atoms with Gasteiger partial charge in [0.2, 0.25) is 0 Å². The molecule has 0 aromatic heterocycles. The van der Waals surface area contributed by atoms with Gasteiger partial charge >= 0.3 is 0 Å². The SMILES string of the molecule is COc1cc2c(cc1OC)OCC(C(C)N)C2. The Hall–Kier alpha value is -1.42. The quantitative estimate of drug-likeness (QED) is 0.867. The molecule has 0 amide bonds. The van der Waals surface area contributed by atoms with Crippen LogP contribution < -0.4 is 19.9 Å². The summed E-state index contributed by atoms with van der Waals surface area (Å²) in [4.78, 5) is 0. The maximum atomic E-state index is 5.91. The van der Waals surface area contributed by atoms with Crippen LogP contribution in [0.15, 0.2) is 12.1 Å². The van der Waals surface area contributed by atoms with Crippen molar-refractivity contribution < 1.29 is 14.2 Å². The van der Waals surface area contributed by atoms with Gasteiger partial charge in [-0.15, -0.1) is 0 Å². The van der Waals surface area contributed by atoms with Gasteiger partial charge in [-0.25, -0.2) is 0 Å². The second-order valence-electron chi connectivity index (χ2n) is 4.45. The Balaban J connectivity index is 2.32. The smallest absolute Gasteiger partial charge is 0.164 e. The summed E-state index contributed by atoms with van der Waals surface area (Å²) in [5.41, 5.74) is 7.05. The van der Waals surface area contributed by atoms with Crippen LogP contribution in [0.4, 0.5) is 0 Å². The van der Waals surface area contributed by atoms with Crippen molar-refractivity contribution in [3.05, 3.63) is 17.7 Å². The highest BCUT2D eigenvalue weighted by atomic mass is 16.5. The lowest BCUT2D eigenvalue weighted by Gasteiger charge is -2.28. The number of hydrogen-bond acceptors (Lipinski definition) is 4. The number of benzene rings is 1. The van der Waals surface area contributed by atoms with Gasteiger partial charge < -0.3 is 19.9 Å². The summed E-state index contributed by atoms with van der Waals surface area (Å²) in [6, 6.07) is 3.99. The standard InChI is InChI=1S/C13H19NO3/c1-8(14)10-4-9-5-12(15-2)13(16-3)6-11(9)17-7-10/h5-6,8,10H,4,7,14H2,1-3H3. The maximum Gasteiger partial charge on any atom is 0.164 e. The zero-order chi connectivity index (χ0) is 12.4. The summed E-state index contributed by atoms with van der Waals surface area (Å²) in [5.74, 6) is 2.67. The molecule has 1 aliphatic heterocycles. The fraction of sp³-hybridized carbons (Fsp3) is 0.538. The van der Waals surface area contributed by atoms with Crippen molar-refractivity contribution in [2.45, 2.75) is 19.4 Å². The molecule has 94 valence electrons. The highest BCUT2D eigenvalue weighted by molar-refractivity contribution is 5.51. The van der Waals surface area contributed by atoms with Gasteiger partial charge in [0.25, 0.3) is 0 Å². The van der Waals surface area contributed by atoms with Crippen molar-refractivity contribution in [2.75, 3.05) is 20.8 Å². The topological polar surface area (TPSA) is 53.7 Å². The van der Waals surface area contributed by atoms with E-state index in [2.05, 4.69) is 0 Å². The maximum absolute atomic E-state index is 5.91. The fourth-order valence-corrected chi connectivity index (χ4v) is 2.07. The van der Waals surface area contributed by atoms with E-state index in [0.29, 0.717) is 18.3 Å². The van der Waals surface area contributed by atoms with Crippen LogP contribution in [0.3, 0.4) is 0 Å². The van der Waals surface area contributed by atoms with E-state index in [1.54, 1.807) is 14.2 Å². The zero-order valence-electron chi connectivity index (χ0n) is 10.5. The number of nitrogens with two attached hydrogens (primary N) is 1. The third-order valence-electron chi connectivity index (χ3n) is 3.25. The molecular weight excluding hydrogens is 218 g/mol. The molecule has 0 bridgehead atoms. The molecule has 17 heavy (non-hydrogen) atoms. The van der Waals surface area contributed by atoms with Gasteiger partial charge in [0.15, 0.2) is 11.5 Å². The minimum atomic E-state index is 0.135. The Labute approximate surface area is 102 Å². The average molecular weight is 237 g/mol. The lowest BCUT2D eigenvalue weighted by molar-refractivity contribution is 0.202. The van der Waals surface area contributed by atoms with Gasteiger partial charge in [-0.05, 0) is 25.0 Å². The molecule has 2 N–H and O–H groups in total. The summed E-state index contributed by atoms with van der Waals surface area (Å²) in [6.07, 6.45) is 0.924. The van der Waals surface area contributed by atoms with Crippen LogP contribution in [0, 0.1) is 5.92 Å². The lowest BCUT2D eigenvalue weighted by Crippen LogP contribution is -2.35. The Morgan fingerprint density at radius 1 is 1.29 bits per heavy atom. The van der Waals surface area contributed by atoms with E-state index in [4.69, 9.17) is 19.9 Å². The van der Waals surface area contributed by atoms with Crippen molar-refractivity contribution in [3.8, 4) is 17.2 Å². The number of ether oxygens (including phenoxy) is 3. The van der Waals surface area contributed by atoms with Crippen LogP contribution in [0.2, 0.25) is 0 Å². The van der Waals surface area contributed by atoms with E-state index in [1.807, 2.05) is 19.1 Å². The summed E-state index contributed by atoms with van der Waals surface area (Å²) in [6.45, 7) is 2.68. The molecule has 0 aliphatic carbocycles. The molecule has 1 aliphatic rings. The van der Waals surface area contributed by atoms with Gasteiger partial charge in [-0.2, -0.15) is 0 Å². The van der Waals surface area contributed by atoms with Crippen LogP contribution in [0.1, 0.15) is 12.5 Å². The van der Waals surface area contributed by atoms with Crippen LogP contribution in [0.5, 0.6) is 17.2 Å². The Bertz CT molecular complexity index is 404. The summed E-state index contributed by atoms with van der Waals surface area (Å²) < 4.78 is 16.3. The predicted octanol–water partition coefficient (Wildman–Crippen LogP) is 1.60. The minimum absolute atomic E-state index is 0.135. The summed E-state index contributed by atoms with van der Waals surface area (Å²) >= 11 is 0. The fourth-order valence-electron chi connectivity index (χ4n) is 2.07. The minimum Gasteiger partial charge on any atom is -0.493 e. The lowest BCUT2D eigenvalue weighted by atomic mass is 9.91. The van der Waals surface area contributed by atoms with Gasteiger partial charge in [-0.3, -0.25) is 0 Å². The molecule has 1 aromatic rings. The Morgan fingerprint density at radius 3 is 2.53 bits per heavy atom. The van der Waals surface area contributed by atoms with E-state index < -0.39 is 0 Å². The van der Waals surface area contributed by atoms with Crippen molar-refractivity contribution in [1.29, 1.82) is 0 Å². The molecule has 0 fully saturated rings. The Morgan fingerprint density at radius 2 is 1.94 bits per heavy atom. The molecule has 0 saturated carbocycles. The summed E-state index contributed by atoms with van der Waals surface area (Å²) in [5, 5.41) is 0. The highest BCUT2D eigenvalue weighted by Crippen LogP contribution is 2.38. The number of fused-ring (bicyclic) bond motifs is 1. The summed E-state index contributed by atoms with van der Waals surface area (Å²) in [7, 11) is 3.26. The normalized spacial score (nSPS) is 20.1. The molecule has 2 rings (SSSR count). The molecule has 2 atom stereocenters. The number of hydrogen-bond donors (Lipinski definition) is 1. The van der Waals surface area contributed by atoms with Gasteiger partial charge in [0.05, 0.1) is 20.8 Å². The first-order valence-electron chi connectivity index (χ1n) is 5.79. The second kappa shape index (κ2) is 4.84. The van der Waals surface area contributed by atoms with Gasteiger partial charge in [0.1, 0.15) is 5.75 Å². The largest absolute Gasteiger partial charge is 0.493 e. The molecule has 4 nitrogen and oxygen atoms in total. The van der Waals surface area contributed by atoms with Crippen molar-refractivity contribution in [1.82, 2.24) is 0 Å². The van der Waals surface area contributed by atoms with Crippen LogP contribution in [-0.2, 0) is 6.42 Å². The first kappa shape index (κ1) is 12.0. The van der Waals surface area contributed by atoms with E-state index in [9.17, 15) is 0 Å². The second-order valence-corrected chi connectivity index (χ2v) is 4.45. The van der Waals surface area contributed by atoms with Gasteiger partial charge in [-0.1, -0.05) is 0 Å². The predicted molar refractivity (Wildman–Crippen MR) is 65.9 cm³/mol. The van der Waals surface area contributed by atoms with E-state index in [0.717, 1.165) is 23.5 Å². The molecule has 4 heteroatoms. The van der Waals surface area contributed by atoms with Gasteiger partial charge in [0, 0.05) is 18.0 Å². The van der Waals surface area contributed by atoms with Crippen LogP contribution in [-0.4, -0.2) is 26.9 Å². The number of rotatable bonds is 3. The highest BCUT2D eigenvalue weighted by Gasteiger charge is 2.24. The monoisotopic (exact) mass is 237 g/mol. The molecule has 1 heterocycles.